The van der Waals surface area contributed by atoms with Gasteiger partial charge in [0.25, 0.3) is 5.91 Å². The van der Waals surface area contributed by atoms with Crippen molar-refractivity contribution in [2.75, 3.05) is 7.11 Å². The number of carbonyl (C=O) groups is 2. The average molecular weight is 425 g/mol. The molecular weight excluding hydrogens is 404 g/mol. The Morgan fingerprint density at radius 2 is 2.03 bits per heavy atom. The molecule has 1 heterocycles. The van der Waals surface area contributed by atoms with Crippen LogP contribution in [0.3, 0.4) is 0 Å². The molecule has 0 aliphatic rings. The zero-order valence-electron chi connectivity index (χ0n) is 16.3. The van der Waals surface area contributed by atoms with Crippen LogP contribution in [0.4, 0.5) is 0 Å². The number of esters is 1. The van der Waals surface area contributed by atoms with Crippen LogP contribution < -0.4 is 4.80 Å². The van der Waals surface area contributed by atoms with Crippen LogP contribution in [0.2, 0.25) is 0 Å². The first-order valence-electron chi connectivity index (χ1n) is 8.94. The third kappa shape index (κ3) is 4.78. The minimum Gasteiger partial charge on any atom is -0.465 e. The lowest BCUT2D eigenvalue weighted by Gasteiger charge is -2.05. The number of aromatic nitrogens is 1. The van der Waals surface area contributed by atoms with E-state index in [2.05, 4.69) is 24.8 Å². The third-order valence-electron chi connectivity index (χ3n) is 4.00. The maximum absolute atomic E-state index is 12.8. The molecule has 0 fully saturated rings. The van der Waals surface area contributed by atoms with Crippen LogP contribution in [0.15, 0.2) is 52.4 Å². The molecule has 2 aromatic carbocycles. The number of benzene rings is 2. The van der Waals surface area contributed by atoms with Gasteiger partial charge in [0.1, 0.15) is 0 Å². The molecule has 0 radical (unpaired) electrons. The van der Waals surface area contributed by atoms with Gasteiger partial charge in [-0.05, 0) is 36.4 Å². The lowest BCUT2D eigenvalue weighted by molar-refractivity contribution is 0.0601. The van der Waals surface area contributed by atoms with Crippen molar-refractivity contribution in [1.29, 1.82) is 0 Å². The Balaban J connectivity index is 2.06. The Morgan fingerprint density at radius 1 is 1.24 bits per heavy atom. The number of hydrogen-bond donors (Lipinski definition) is 0. The van der Waals surface area contributed by atoms with Gasteiger partial charge in [0.2, 0.25) is 0 Å². The van der Waals surface area contributed by atoms with E-state index in [1.807, 2.05) is 18.2 Å². The predicted octanol–water partition coefficient (Wildman–Crippen LogP) is 4.36. The van der Waals surface area contributed by atoms with E-state index >= 15 is 0 Å². The van der Waals surface area contributed by atoms with Crippen molar-refractivity contribution in [1.82, 2.24) is 4.57 Å². The van der Waals surface area contributed by atoms with E-state index in [0.717, 1.165) is 15.1 Å². The molecule has 1 amide bonds. The van der Waals surface area contributed by atoms with E-state index < -0.39 is 5.97 Å². The highest BCUT2D eigenvalue weighted by Crippen LogP contribution is 2.24. The molecule has 7 heteroatoms. The number of carbonyl (C=O) groups excluding carboxylic acids is 2. The predicted molar refractivity (Wildman–Crippen MR) is 117 cm³/mol. The molecule has 148 valence electrons. The largest absolute Gasteiger partial charge is 0.465 e. The summed E-state index contributed by atoms with van der Waals surface area (Å²) in [4.78, 5) is 30.4. The molecule has 3 rings (SSSR count). The molecule has 0 bridgehead atoms. The third-order valence-corrected chi connectivity index (χ3v) is 6.04. The second kappa shape index (κ2) is 9.12. The fourth-order valence-electron chi connectivity index (χ4n) is 2.77. The highest BCUT2D eigenvalue weighted by molar-refractivity contribution is 7.99. The number of thiazole rings is 1. The van der Waals surface area contributed by atoms with Crippen molar-refractivity contribution in [3.63, 3.8) is 0 Å². The van der Waals surface area contributed by atoms with Crippen LogP contribution in [0.5, 0.6) is 0 Å². The van der Waals surface area contributed by atoms with E-state index in [9.17, 15) is 9.59 Å². The summed E-state index contributed by atoms with van der Waals surface area (Å²) < 4.78 is 7.38. The van der Waals surface area contributed by atoms with Gasteiger partial charge in [0, 0.05) is 15.7 Å². The quantitative estimate of drug-likeness (QED) is 0.347. The Bertz CT molecular complexity index is 1180. The van der Waals surface area contributed by atoms with E-state index in [-0.39, 0.29) is 12.5 Å². The van der Waals surface area contributed by atoms with Crippen molar-refractivity contribution in [2.45, 2.75) is 30.5 Å². The highest BCUT2D eigenvalue weighted by atomic mass is 32.2. The Labute approximate surface area is 177 Å². The summed E-state index contributed by atoms with van der Waals surface area (Å²) in [5.74, 6) is 1.85. The normalized spacial score (nSPS) is 11.6. The lowest BCUT2D eigenvalue weighted by Crippen LogP contribution is -2.16. The summed E-state index contributed by atoms with van der Waals surface area (Å²) >= 11 is 3.00. The van der Waals surface area contributed by atoms with Gasteiger partial charge in [-0.1, -0.05) is 37.2 Å². The SMILES string of the molecule is C#CCn1c(=NC(=O)c2cccc(SC(C)C)c2)sc2cc(C(=O)OC)ccc21. The van der Waals surface area contributed by atoms with Crippen LogP contribution in [-0.4, -0.2) is 28.8 Å². The Morgan fingerprint density at radius 3 is 2.72 bits per heavy atom. The van der Waals surface area contributed by atoms with Gasteiger partial charge in [-0.15, -0.1) is 18.2 Å². The van der Waals surface area contributed by atoms with E-state index in [1.54, 1.807) is 40.6 Å². The van der Waals surface area contributed by atoms with Gasteiger partial charge in [0.15, 0.2) is 4.80 Å². The summed E-state index contributed by atoms with van der Waals surface area (Å²) in [6, 6.07) is 12.6. The van der Waals surface area contributed by atoms with Crippen LogP contribution in [-0.2, 0) is 11.3 Å². The number of hydrogen-bond acceptors (Lipinski definition) is 5. The number of methoxy groups -OCH3 is 1. The Kier molecular flexibility index (Phi) is 6.57. The standard InChI is InChI=1S/C22H20N2O3S2/c1-5-11-24-18-10-9-16(21(26)27-4)13-19(18)29-22(24)23-20(25)15-7-6-8-17(12-15)28-14(2)3/h1,6-10,12-14H,11H2,2-4H3. The van der Waals surface area contributed by atoms with Gasteiger partial charge in [-0.2, -0.15) is 4.99 Å². The van der Waals surface area contributed by atoms with Gasteiger partial charge in [-0.3, -0.25) is 4.79 Å². The van der Waals surface area contributed by atoms with Gasteiger partial charge >= 0.3 is 5.97 Å². The fraction of sp³-hybridized carbons (Fsp3) is 0.227. The molecule has 0 N–H and O–H groups in total. The van der Waals surface area contributed by atoms with Crippen LogP contribution >= 0.6 is 23.1 Å². The number of rotatable bonds is 5. The molecule has 0 unspecified atom stereocenters. The zero-order chi connectivity index (χ0) is 21.0. The molecule has 0 saturated carbocycles. The number of amides is 1. The maximum Gasteiger partial charge on any atom is 0.337 e. The van der Waals surface area contributed by atoms with Gasteiger partial charge in [-0.25, -0.2) is 4.79 Å². The van der Waals surface area contributed by atoms with E-state index in [1.165, 1.54) is 18.4 Å². The van der Waals surface area contributed by atoms with Crippen molar-refractivity contribution in [3.05, 3.63) is 58.4 Å². The number of fused-ring (bicyclic) bond motifs is 1. The topological polar surface area (TPSA) is 60.7 Å². The minimum absolute atomic E-state index is 0.271. The Hall–Kier alpha value is -2.82. The van der Waals surface area contributed by atoms with Crippen molar-refractivity contribution in [3.8, 4) is 12.3 Å². The van der Waals surface area contributed by atoms with E-state index in [0.29, 0.717) is 21.2 Å². The highest BCUT2D eigenvalue weighted by Gasteiger charge is 2.13. The molecular formula is C22H20N2O3S2. The summed E-state index contributed by atoms with van der Waals surface area (Å²) in [5, 5.41) is 0.418. The first-order chi connectivity index (χ1) is 13.9. The molecule has 0 spiro atoms. The molecule has 0 saturated heterocycles. The zero-order valence-corrected chi connectivity index (χ0v) is 18.0. The summed E-state index contributed by atoms with van der Waals surface area (Å²) in [5.41, 5.74) is 1.78. The maximum atomic E-state index is 12.8. The molecule has 29 heavy (non-hydrogen) atoms. The molecule has 0 atom stereocenters. The smallest absolute Gasteiger partial charge is 0.337 e. The van der Waals surface area contributed by atoms with Crippen molar-refractivity contribution in [2.24, 2.45) is 4.99 Å². The first-order valence-corrected chi connectivity index (χ1v) is 10.6. The first kappa shape index (κ1) is 20.9. The lowest BCUT2D eigenvalue weighted by atomic mass is 10.2. The number of ether oxygens (including phenoxy) is 1. The van der Waals surface area contributed by atoms with Gasteiger partial charge < -0.3 is 9.30 Å². The molecule has 3 aromatic rings. The van der Waals surface area contributed by atoms with Crippen LogP contribution in [0.1, 0.15) is 34.6 Å². The van der Waals surface area contributed by atoms with Crippen LogP contribution in [0.25, 0.3) is 10.2 Å². The van der Waals surface area contributed by atoms with Crippen molar-refractivity contribution >= 4 is 45.2 Å². The summed E-state index contributed by atoms with van der Waals surface area (Å²) in [6.07, 6.45) is 5.52. The average Bonchev–Trinajstić information content (AvgIpc) is 3.03. The monoisotopic (exact) mass is 424 g/mol. The molecule has 1 aromatic heterocycles. The van der Waals surface area contributed by atoms with E-state index in [4.69, 9.17) is 11.2 Å². The second-order valence-corrected chi connectivity index (χ2v) is 9.12. The van der Waals surface area contributed by atoms with Crippen LogP contribution in [0, 0.1) is 12.3 Å². The fourth-order valence-corrected chi connectivity index (χ4v) is 4.74. The second-order valence-electron chi connectivity index (χ2n) is 6.46. The molecule has 5 nitrogen and oxygen atoms in total. The number of nitrogens with zero attached hydrogens (tertiary/aromatic N) is 2. The minimum atomic E-state index is -0.419. The van der Waals surface area contributed by atoms with Crippen molar-refractivity contribution < 1.29 is 14.3 Å². The number of terminal acetylenes is 1. The van der Waals surface area contributed by atoms with Gasteiger partial charge in [0.05, 0.1) is 29.4 Å². The summed E-state index contributed by atoms with van der Waals surface area (Å²) in [6.45, 7) is 4.48. The molecule has 0 aliphatic carbocycles. The molecule has 0 aliphatic heterocycles. The number of thioether (sulfide) groups is 1. The summed E-state index contributed by atoms with van der Waals surface area (Å²) in [7, 11) is 1.34.